The topological polar surface area (TPSA) is 114 Å². The van der Waals surface area contributed by atoms with Gasteiger partial charge in [-0.3, -0.25) is 14.9 Å². The summed E-state index contributed by atoms with van der Waals surface area (Å²) in [7, 11) is 0. The van der Waals surface area contributed by atoms with Crippen molar-refractivity contribution in [2.45, 2.75) is 45.6 Å². The largest absolute Gasteiger partial charge is 0.380 e. The molecule has 2 saturated heterocycles. The summed E-state index contributed by atoms with van der Waals surface area (Å²) in [6.45, 7) is 6.92. The van der Waals surface area contributed by atoms with E-state index < -0.39 is 0 Å². The summed E-state index contributed by atoms with van der Waals surface area (Å²) in [5.41, 5.74) is 1.71. The number of anilines is 2. The van der Waals surface area contributed by atoms with E-state index in [2.05, 4.69) is 20.6 Å². The first-order valence-electron chi connectivity index (χ1n) is 10.6. The standard InChI is InChI=1S/C18H21N7O3.C2H6/c26-14-9-11(16(27)21-14)8-12-10-19-25-15(12)22-17(23-18(25)20-13-2-3-13)24-4-1-6-28-7-5-24;1-2/h8,10,13H,1-7,9H2,(H,20,22,23)(H,21,26,27);1-2H3/b11-8+;. The molecule has 0 atom stereocenters. The van der Waals surface area contributed by atoms with Crippen LogP contribution in [-0.2, 0) is 14.3 Å². The summed E-state index contributed by atoms with van der Waals surface area (Å²) in [5.74, 6) is 0.612. The summed E-state index contributed by atoms with van der Waals surface area (Å²) in [4.78, 5) is 35.0. The maximum absolute atomic E-state index is 11.9. The minimum Gasteiger partial charge on any atom is -0.380 e. The van der Waals surface area contributed by atoms with E-state index in [0.29, 0.717) is 41.3 Å². The highest BCUT2D eigenvalue weighted by molar-refractivity contribution is 6.15. The molecule has 160 valence electrons. The predicted octanol–water partition coefficient (Wildman–Crippen LogP) is 1.38. The molecular formula is C20H27N7O3. The molecule has 2 aromatic rings. The lowest BCUT2D eigenvalue weighted by Crippen LogP contribution is -2.28. The van der Waals surface area contributed by atoms with E-state index in [1.807, 2.05) is 13.8 Å². The molecule has 1 aliphatic carbocycles. The number of carbonyl (C=O) groups excluding carboxylic acids is 2. The summed E-state index contributed by atoms with van der Waals surface area (Å²) in [6, 6.07) is 0.405. The van der Waals surface area contributed by atoms with Gasteiger partial charge in [-0.2, -0.15) is 19.6 Å². The second-order valence-electron chi connectivity index (χ2n) is 7.28. The molecular weight excluding hydrogens is 386 g/mol. The lowest BCUT2D eigenvalue weighted by molar-refractivity contribution is -0.124. The maximum Gasteiger partial charge on any atom is 0.254 e. The summed E-state index contributed by atoms with van der Waals surface area (Å²) in [5, 5.41) is 10.1. The lowest BCUT2D eigenvalue weighted by Gasteiger charge is -2.20. The van der Waals surface area contributed by atoms with Crippen molar-refractivity contribution in [2.24, 2.45) is 0 Å². The van der Waals surface area contributed by atoms with Crippen LogP contribution in [0.2, 0.25) is 0 Å². The lowest BCUT2D eigenvalue weighted by atomic mass is 10.1. The predicted molar refractivity (Wildman–Crippen MR) is 112 cm³/mol. The second-order valence-corrected chi connectivity index (χ2v) is 7.28. The maximum atomic E-state index is 11.9. The Bertz CT molecular complexity index is 972. The fourth-order valence-electron chi connectivity index (χ4n) is 3.38. The van der Waals surface area contributed by atoms with E-state index in [4.69, 9.17) is 14.7 Å². The molecule has 0 unspecified atom stereocenters. The summed E-state index contributed by atoms with van der Waals surface area (Å²) < 4.78 is 7.21. The smallest absolute Gasteiger partial charge is 0.254 e. The molecule has 30 heavy (non-hydrogen) atoms. The van der Waals surface area contributed by atoms with Crippen LogP contribution in [0.3, 0.4) is 0 Å². The van der Waals surface area contributed by atoms with E-state index >= 15 is 0 Å². The molecule has 10 nitrogen and oxygen atoms in total. The first-order chi connectivity index (χ1) is 14.7. The Kier molecular flexibility index (Phi) is 5.93. The number of nitrogens with one attached hydrogen (secondary N) is 2. The van der Waals surface area contributed by atoms with Gasteiger partial charge in [0, 0.05) is 36.9 Å². The third-order valence-corrected chi connectivity index (χ3v) is 5.02. The van der Waals surface area contributed by atoms with Crippen LogP contribution in [0.1, 0.15) is 45.1 Å². The number of rotatable bonds is 4. The van der Waals surface area contributed by atoms with Crippen molar-refractivity contribution < 1.29 is 14.3 Å². The van der Waals surface area contributed by atoms with Crippen LogP contribution < -0.4 is 15.5 Å². The number of nitrogens with zero attached hydrogens (tertiary/aromatic N) is 5. The van der Waals surface area contributed by atoms with Gasteiger partial charge in [-0.1, -0.05) is 13.8 Å². The Morgan fingerprint density at radius 2 is 2.03 bits per heavy atom. The molecule has 1 saturated carbocycles. The Labute approximate surface area is 174 Å². The second kappa shape index (κ2) is 8.78. The zero-order valence-corrected chi connectivity index (χ0v) is 17.3. The van der Waals surface area contributed by atoms with Crippen LogP contribution >= 0.6 is 0 Å². The average molecular weight is 413 g/mol. The van der Waals surface area contributed by atoms with Crippen LogP contribution in [0.5, 0.6) is 0 Å². The number of hydrogen-bond acceptors (Lipinski definition) is 8. The molecule has 5 rings (SSSR count). The number of ether oxygens (including phenoxy) is 1. The highest BCUT2D eigenvalue weighted by Crippen LogP contribution is 2.27. The Balaban J connectivity index is 0.00000106. The van der Waals surface area contributed by atoms with Gasteiger partial charge >= 0.3 is 0 Å². The Morgan fingerprint density at radius 1 is 1.20 bits per heavy atom. The molecule has 0 bridgehead atoms. The number of aromatic nitrogens is 4. The van der Waals surface area contributed by atoms with Gasteiger partial charge in [-0.05, 0) is 25.3 Å². The zero-order chi connectivity index (χ0) is 21.1. The number of amides is 2. The normalized spacial score (nSPS) is 20.7. The molecule has 2 aliphatic heterocycles. The molecule has 0 spiro atoms. The van der Waals surface area contributed by atoms with Crippen LogP contribution in [0.15, 0.2) is 11.8 Å². The van der Waals surface area contributed by atoms with Gasteiger partial charge in [0.25, 0.3) is 5.91 Å². The minimum atomic E-state index is -0.361. The molecule has 2 aromatic heterocycles. The van der Waals surface area contributed by atoms with Gasteiger partial charge in [0.2, 0.25) is 17.8 Å². The van der Waals surface area contributed by atoms with Gasteiger partial charge in [-0.15, -0.1) is 0 Å². The Morgan fingerprint density at radius 3 is 2.77 bits per heavy atom. The van der Waals surface area contributed by atoms with Gasteiger partial charge in [-0.25, -0.2) is 0 Å². The fraction of sp³-hybridized carbons (Fsp3) is 0.550. The monoisotopic (exact) mass is 413 g/mol. The Hall–Kier alpha value is -3.01. The van der Waals surface area contributed by atoms with Crippen LogP contribution in [0.4, 0.5) is 11.9 Å². The SMILES string of the molecule is CC.O=C1C/C(=C\c2cnn3c(NC4CC4)nc(N4CCCOCC4)nc23)C(=O)N1. The van der Waals surface area contributed by atoms with Crippen molar-refractivity contribution in [2.75, 3.05) is 36.5 Å². The number of fused-ring (bicyclic) bond motifs is 1. The van der Waals surface area contributed by atoms with Crippen molar-refractivity contribution in [3.8, 4) is 0 Å². The third-order valence-electron chi connectivity index (χ3n) is 5.02. The van der Waals surface area contributed by atoms with E-state index in [9.17, 15) is 9.59 Å². The molecule has 2 N–H and O–H groups in total. The fourth-order valence-corrected chi connectivity index (χ4v) is 3.38. The van der Waals surface area contributed by atoms with E-state index in [-0.39, 0.29) is 18.2 Å². The molecule has 3 aliphatic rings. The number of carbonyl (C=O) groups is 2. The van der Waals surface area contributed by atoms with Gasteiger partial charge in [0.1, 0.15) is 0 Å². The number of hydrogen-bond donors (Lipinski definition) is 2. The zero-order valence-electron chi connectivity index (χ0n) is 17.3. The van der Waals surface area contributed by atoms with Gasteiger partial charge in [0.05, 0.1) is 19.2 Å². The van der Waals surface area contributed by atoms with Crippen LogP contribution in [-0.4, -0.2) is 63.7 Å². The number of imide groups is 1. The molecule has 10 heteroatoms. The average Bonchev–Trinajstić information content (AvgIpc) is 3.46. The van der Waals surface area contributed by atoms with Crippen molar-refractivity contribution >= 4 is 35.4 Å². The van der Waals surface area contributed by atoms with E-state index in [1.165, 1.54) is 0 Å². The van der Waals surface area contributed by atoms with E-state index in [0.717, 1.165) is 39.0 Å². The minimum absolute atomic E-state index is 0.0742. The molecule has 3 fully saturated rings. The molecule has 0 radical (unpaired) electrons. The molecule has 0 aromatic carbocycles. The molecule has 4 heterocycles. The summed E-state index contributed by atoms with van der Waals surface area (Å²) in [6.07, 6.45) is 6.55. The highest BCUT2D eigenvalue weighted by Gasteiger charge is 2.27. The van der Waals surface area contributed by atoms with Crippen molar-refractivity contribution in [1.29, 1.82) is 0 Å². The van der Waals surface area contributed by atoms with Crippen LogP contribution in [0, 0.1) is 0 Å². The first kappa shape index (κ1) is 20.3. The highest BCUT2D eigenvalue weighted by atomic mass is 16.5. The van der Waals surface area contributed by atoms with Crippen molar-refractivity contribution in [3.63, 3.8) is 0 Å². The first-order valence-corrected chi connectivity index (χ1v) is 10.6. The van der Waals surface area contributed by atoms with Gasteiger partial charge < -0.3 is 15.0 Å². The van der Waals surface area contributed by atoms with Crippen LogP contribution in [0.25, 0.3) is 11.7 Å². The van der Waals surface area contributed by atoms with Crippen molar-refractivity contribution in [1.82, 2.24) is 24.9 Å². The quantitative estimate of drug-likeness (QED) is 0.571. The van der Waals surface area contributed by atoms with Gasteiger partial charge in [0.15, 0.2) is 5.65 Å². The van der Waals surface area contributed by atoms with E-state index in [1.54, 1.807) is 16.8 Å². The van der Waals surface area contributed by atoms with Crippen molar-refractivity contribution in [3.05, 3.63) is 17.3 Å². The third kappa shape index (κ3) is 4.28. The molecule has 2 amide bonds. The summed E-state index contributed by atoms with van der Waals surface area (Å²) >= 11 is 0.